The SMILES string of the molecule is COCCN(C(C)CNC1CCCC1)C(C)C1CC1. The average molecular weight is 268 g/mol. The van der Waals surface area contributed by atoms with Gasteiger partial charge in [-0.05, 0) is 45.4 Å². The lowest BCUT2D eigenvalue weighted by Crippen LogP contribution is -2.48. The van der Waals surface area contributed by atoms with Gasteiger partial charge in [0, 0.05) is 38.3 Å². The van der Waals surface area contributed by atoms with Gasteiger partial charge in [0.15, 0.2) is 0 Å². The quantitative estimate of drug-likeness (QED) is 0.696. The van der Waals surface area contributed by atoms with Crippen LogP contribution in [0.1, 0.15) is 52.4 Å². The highest BCUT2D eigenvalue weighted by Crippen LogP contribution is 2.35. The Bertz CT molecular complexity index is 249. The maximum atomic E-state index is 5.29. The summed E-state index contributed by atoms with van der Waals surface area (Å²) in [6, 6.07) is 2.12. The molecule has 2 rings (SSSR count). The van der Waals surface area contributed by atoms with Crippen LogP contribution >= 0.6 is 0 Å². The van der Waals surface area contributed by atoms with Crippen molar-refractivity contribution in [2.24, 2.45) is 5.92 Å². The molecule has 0 aliphatic heterocycles. The first kappa shape index (κ1) is 15.3. The van der Waals surface area contributed by atoms with Gasteiger partial charge in [-0.15, -0.1) is 0 Å². The Morgan fingerprint density at radius 2 is 1.84 bits per heavy atom. The molecule has 0 radical (unpaired) electrons. The molecule has 2 unspecified atom stereocenters. The molecule has 0 aromatic rings. The normalized spacial score (nSPS) is 24.0. The largest absolute Gasteiger partial charge is 0.383 e. The average Bonchev–Trinajstić information content (AvgIpc) is 3.13. The molecule has 0 amide bonds. The van der Waals surface area contributed by atoms with Gasteiger partial charge in [-0.3, -0.25) is 4.90 Å². The molecule has 2 saturated carbocycles. The number of hydrogen-bond donors (Lipinski definition) is 1. The molecule has 1 N–H and O–H groups in total. The number of rotatable bonds is 9. The smallest absolute Gasteiger partial charge is 0.0589 e. The summed E-state index contributed by atoms with van der Waals surface area (Å²) in [7, 11) is 1.81. The fraction of sp³-hybridized carbons (Fsp3) is 1.00. The Balaban J connectivity index is 1.77. The third-order valence-electron chi connectivity index (χ3n) is 5.00. The molecule has 0 saturated heterocycles. The second-order valence-corrected chi connectivity index (χ2v) is 6.55. The highest BCUT2D eigenvalue weighted by molar-refractivity contribution is 4.88. The summed E-state index contributed by atoms with van der Waals surface area (Å²) in [6.45, 7) is 7.83. The summed E-state index contributed by atoms with van der Waals surface area (Å²) in [5.41, 5.74) is 0. The third kappa shape index (κ3) is 4.73. The minimum Gasteiger partial charge on any atom is -0.383 e. The summed E-state index contributed by atoms with van der Waals surface area (Å²) < 4.78 is 5.29. The Morgan fingerprint density at radius 3 is 2.42 bits per heavy atom. The minimum absolute atomic E-state index is 0.617. The van der Waals surface area contributed by atoms with Gasteiger partial charge in [-0.2, -0.15) is 0 Å². The molecule has 2 fully saturated rings. The predicted molar refractivity (Wildman–Crippen MR) is 80.5 cm³/mol. The van der Waals surface area contributed by atoms with Crippen LogP contribution < -0.4 is 5.32 Å². The minimum atomic E-state index is 0.617. The molecule has 2 atom stereocenters. The van der Waals surface area contributed by atoms with Gasteiger partial charge in [0.2, 0.25) is 0 Å². The topological polar surface area (TPSA) is 24.5 Å². The molecule has 112 valence electrons. The van der Waals surface area contributed by atoms with E-state index in [0.29, 0.717) is 6.04 Å². The van der Waals surface area contributed by atoms with E-state index in [0.717, 1.165) is 37.7 Å². The predicted octanol–water partition coefficient (Wildman–Crippen LogP) is 2.65. The molecule has 0 bridgehead atoms. The maximum absolute atomic E-state index is 5.29. The van der Waals surface area contributed by atoms with Crippen LogP contribution in [0.5, 0.6) is 0 Å². The zero-order chi connectivity index (χ0) is 13.7. The second-order valence-electron chi connectivity index (χ2n) is 6.55. The van der Waals surface area contributed by atoms with Crippen LogP contribution in [-0.4, -0.2) is 49.8 Å². The van der Waals surface area contributed by atoms with Gasteiger partial charge >= 0.3 is 0 Å². The van der Waals surface area contributed by atoms with E-state index in [-0.39, 0.29) is 0 Å². The fourth-order valence-corrected chi connectivity index (χ4v) is 3.46. The van der Waals surface area contributed by atoms with Crippen molar-refractivity contribution in [1.29, 1.82) is 0 Å². The Morgan fingerprint density at radius 1 is 1.16 bits per heavy atom. The van der Waals surface area contributed by atoms with E-state index in [1.165, 1.54) is 38.5 Å². The van der Waals surface area contributed by atoms with Crippen LogP contribution in [-0.2, 0) is 4.74 Å². The fourth-order valence-electron chi connectivity index (χ4n) is 3.46. The van der Waals surface area contributed by atoms with Gasteiger partial charge in [0.25, 0.3) is 0 Å². The lowest BCUT2D eigenvalue weighted by molar-refractivity contribution is 0.0858. The monoisotopic (exact) mass is 268 g/mol. The van der Waals surface area contributed by atoms with Crippen molar-refractivity contribution in [1.82, 2.24) is 10.2 Å². The summed E-state index contributed by atoms with van der Waals surface area (Å²) in [5, 5.41) is 3.77. The molecule has 2 aliphatic rings. The Labute approximate surface area is 119 Å². The molecule has 3 nitrogen and oxygen atoms in total. The van der Waals surface area contributed by atoms with Gasteiger partial charge in [0.1, 0.15) is 0 Å². The van der Waals surface area contributed by atoms with Crippen LogP contribution in [0.15, 0.2) is 0 Å². The lowest BCUT2D eigenvalue weighted by atomic mass is 10.1. The van der Waals surface area contributed by atoms with Gasteiger partial charge in [-0.25, -0.2) is 0 Å². The second kappa shape index (κ2) is 7.61. The van der Waals surface area contributed by atoms with Gasteiger partial charge in [-0.1, -0.05) is 12.8 Å². The lowest BCUT2D eigenvalue weighted by Gasteiger charge is -2.35. The van der Waals surface area contributed by atoms with E-state index in [1.807, 2.05) is 0 Å². The summed E-state index contributed by atoms with van der Waals surface area (Å²) in [6.07, 6.45) is 8.43. The molecule has 0 aromatic carbocycles. The zero-order valence-corrected chi connectivity index (χ0v) is 13.0. The number of ether oxygens (including phenoxy) is 1. The van der Waals surface area contributed by atoms with Crippen LogP contribution in [0.25, 0.3) is 0 Å². The molecular formula is C16H32N2O. The van der Waals surface area contributed by atoms with Crippen LogP contribution in [0, 0.1) is 5.92 Å². The Hall–Kier alpha value is -0.120. The van der Waals surface area contributed by atoms with Crippen molar-refractivity contribution in [2.75, 3.05) is 26.8 Å². The third-order valence-corrected chi connectivity index (χ3v) is 5.00. The van der Waals surface area contributed by atoms with Crippen molar-refractivity contribution in [3.05, 3.63) is 0 Å². The molecular weight excluding hydrogens is 236 g/mol. The number of hydrogen-bond acceptors (Lipinski definition) is 3. The zero-order valence-electron chi connectivity index (χ0n) is 13.0. The first-order valence-corrected chi connectivity index (χ1v) is 8.20. The summed E-state index contributed by atoms with van der Waals surface area (Å²) in [5.74, 6) is 0.936. The Kier molecular flexibility index (Phi) is 6.11. The molecule has 3 heteroatoms. The van der Waals surface area contributed by atoms with E-state index in [1.54, 1.807) is 7.11 Å². The van der Waals surface area contributed by atoms with Crippen LogP contribution in [0.2, 0.25) is 0 Å². The van der Waals surface area contributed by atoms with Crippen molar-refractivity contribution in [3.63, 3.8) is 0 Å². The number of nitrogens with one attached hydrogen (secondary N) is 1. The molecule has 2 aliphatic carbocycles. The van der Waals surface area contributed by atoms with Crippen molar-refractivity contribution in [2.45, 2.75) is 70.5 Å². The molecule has 0 spiro atoms. The summed E-state index contributed by atoms with van der Waals surface area (Å²) >= 11 is 0. The maximum Gasteiger partial charge on any atom is 0.0589 e. The first-order valence-electron chi connectivity index (χ1n) is 8.20. The van der Waals surface area contributed by atoms with E-state index in [4.69, 9.17) is 4.74 Å². The van der Waals surface area contributed by atoms with Crippen molar-refractivity contribution < 1.29 is 4.74 Å². The molecule has 19 heavy (non-hydrogen) atoms. The van der Waals surface area contributed by atoms with Crippen molar-refractivity contribution >= 4 is 0 Å². The van der Waals surface area contributed by atoms with E-state index >= 15 is 0 Å². The molecule has 0 heterocycles. The van der Waals surface area contributed by atoms with Gasteiger partial charge in [0.05, 0.1) is 6.61 Å². The highest BCUT2D eigenvalue weighted by atomic mass is 16.5. The van der Waals surface area contributed by atoms with Crippen LogP contribution in [0.4, 0.5) is 0 Å². The van der Waals surface area contributed by atoms with Gasteiger partial charge < -0.3 is 10.1 Å². The summed E-state index contributed by atoms with van der Waals surface area (Å²) in [4.78, 5) is 2.66. The highest BCUT2D eigenvalue weighted by Gasteiger charge is 2.33. The van der Waals surface area contributed by atoms with E-state index < -0.39 is 0 Å². The standard InChI is InChI=1S/C16H32N2O/c1-13(12-17-16-6-4-5-7-16)18(10-11-19-3)14(2)15-8-9-15/h13-17H,4-12H2,1-3H3. The van der Waals surface area contributed by atoms with Crippen molar-refractivity contribution in [3.8, 4) is 0 Å². The van der Waals surface area contributed by atoms with E-state index in [9.17, 15) is 0 Å². The first-order chi connectivity index (χ1) is 9.22. The number of methoxy groups -OCH3 is 1. The van der Waals surface area contributed by atoms with Crippen LogP contribution in [0.3, 0.4) is 0 Å². The number of nitrogens with zero attached hydrogens (tertiary/aromatic N) is 1. The molecule has 0 aromatic heterocycles. The van der Waals surface area contributed by atoms with E-state index in [2.05, 4.69) is 24.1 Å².